The fourth-order valence-electron chi connectivity index (χ4n) is 9.84. The van der Waals surface area contributed by atoms with E-state index in [1.165, 1.54) is 68.0 Å². The molecule has 214 valence electrons. The van der Waals surface area contributed by atoms with Crippen LogP contribution in [0.25, 0.3) is 27.4 Å². The molecule has 2 saturated heterocycles. The summed E-state index contributed by atoms with van der Waals surface area (Å²) in [5, 5.41) is 15.6. The van der Waals surface area contributed by atoms with Gasteiger partial charge in [-0.3, -0.25) is 4.98 Å². The van der Waals surface area contributed by atoms with Gasteiger partial charge in [0.1, 0.15) is 17.7 Å². The first-order valence-electron chi connectivity index (χ1n) is 16.4. The van der Waals surface area contributed by atoms with Gasteiger partial charge in [-0.2, -0.15) is 0 Å². The number of hydrogen-bond donors (Lipinski definition) is 3. The molecule has 0 radical (unpaired) electrons. The van der Waals surface area contributed by atoms with Gasteiger partial charge in [-0.05, 0) is 107 Å². The van der Waals surface area contributed by atoms with E-state index < -0.39 is 5.60 Å². The predicted octanol–water partition coefficient (Wildman–Crippen LogP) is 5.44. The zero-order chi connectivity index (χ0) is 27.4. The van der Waals surface area contributed by atoms with Crippen molar-refractivity contribution in [3.63, 3.8) is 0 Å². The maximum atomic E-state index is 13.1. The van der Waals surface area contributed by atoms with Gasteiger partial charge < -0.3 is 19.9 Å². The van der Waals surface area contributed by atoms with Crippen LogP contribution in [0.1, 0.15) is 69.9 Å². The Bertz CT molecular complexity index is 1530. The number of piperidine rings is 1. The molecule has 5 nitrogen and oxygen atoms in total. The van der Waals surface area contributed by atoms with Crippen LogP contribution < -0.4 is 4.90 Å². The molecule has 5 heteroatoms. The van der Waals surface area contributed by atoms with Crippen LogP contribution >= 0.6 is 0 Å². The molecule has 3 N–H and O–H groups in total. The lowest BCUT2D eigenvalue weighted by atomic mass is 9.54. The Hall–Kier alpha value is -2.73. The summed E-state index contributed by atoms with van der Waals surface area (Å²) in [5.74, 6) is 0.406. The summed E-state index contributed by atoms with van der Waals surface area (Å²) in [5.41, 5.74) is 3.85. The van der Waals surface area contributed by atoms with Crippen LogP contribution in [0.15, 0.2) is 66.9 Å². The highest BCUT2D eigenvalue weighted by Gasteiger charge is 2.68. The number of aromatic amines is 1. The maximum Gasteiger partial charge on any atom is 0.136 e. The third-order valence-corrected chi connectivity index (χ3v) is 11.4. The Morgan fingerprint density at radius 2 is 1.83 bits per heavy atom. The number of nitrogens with zero attached hydrogens (tertiary/aromatic N) is 2. The van der Waals surface area contributed by atoms with Crippen molar-refractivity contribution in [2.45, 2.75) is 81.9 Å². The first kappa shape index (κ1) is 25.9. The van der Waals surface area contributed by atoms with Crippen LogP contribution in [0.2, 0.25) is 0 Å². The van der Waals surface area contributed by atoms with Crippen LogP contribution in [0.5, 0.6) is 0 Å². The number of H-pyrrole nitrogens is 1. The summed E-state index contributed by atoms with van der Waals surface area (Å²) in [6.07, 6.45) is 25.5. The Kier molecular flexibility index (Phi) is 6.46. The molecule has 6 heterocycles. The van der Waals surface area contributed by atoms with E-state index >= 15 is 0 Å². The SMILES string of the molecule is O[C@]12C=C(c3nccc4c3[nH]c3ccccc34)[C@@H]3CCN(CCCC/C=C\CC1)C[C@@]31CC3/C=C\CCCC[NH+]3C12. The number of benzene rings is 1. The van der Waals surface area contributed by atoms with Gasteiger partial charge in [0.05, 0.1) is 23.2 Å². The van der Waals surface area contributed by atoms with Crippen LogP contribution in [0.3, 0.4) is 0 Å². The van der Waals surface area contributed by atoms with Gasteiger partial charge in [0, 0.05) is 35.5 Å². The summed E-state index contributed by atoms with van der Waals surface area (Å²) in [4.78, 5) is 13.3. The quantitative estimate of drug-likeness (QED) is 0.355. The minimum Gasteiger partial charge on any atom is -0.379 e. The van der Waals surface area contributed by atoms with E-state index in [4.69, 9.17) is 4.98 Å². The molecule has 1 spiro atoms. The van der Waals surface area contributed by atoms with E-state index in [1.54, 1.807) is 4.90 Å². The highest BCUT2D eigenvalue weighted by molar-refractivity contribution is 6.09. The van der Waals surface area contributed by atoms with Crippen LogP contribution in [0.4, 0.5) is 0 Å². The van der Waals surface area contributed by atoms with Crippen LogP contribution in [-0.2, 0) is 0 Å². The van der Waals surface area contributed by atoms with Crippen molar-refractivity contribution >= 4 is 27.4 Å². The molecule has 4 aliphatic heterocycles. The summed E-state index contributed by atoms with van der Waals surface area (Å²) in [7, 11) is 0. The average Bonchev–Trinajstić information content (AvgIpc) is 3.49. The number of para-hydroxylation sites is 1. The molecule has 8 rings (SSSR count). The molecule has 3 bridgehead atoms. The number of rotatable bonds is 1. The van der Waals surface area contributed by atoms with Crippen molar-refractivity contribution in [1.82, 2.24) is 14.9 Å². The van der Waals surface area contributed by atoms with E-state index in [9.17, 15) is 5.11 Å². The molecule has 0 saturated carbocycles. The molecule has 5 aliphatic rings. The zero-order valence-electron chi connectivity index (χ0n) is 24.3. The third kappa shape index (κ3) is 4.18. The number of hydrogen-bond acceptors (Lipinski definition) is 3. The van der Waals surface area contributed by atoms with E-state index in [0.717, 1.165) is 55.5 Å². The fraction of sp³-hybridized carbons (Fsp3) is 0.528. The van der Waals surface area contributed by atoms with Crippen molar-refractivity contribution in [3.05, 3.63) is 72.6 Å². The van der Waals surface area contributed by atoms with Crippen molar-refractivity contribution in [2.24, 2.45) is 11.3 Å². The van der Waals surface area contributed by atoms with Crippen molar-refractivity contribution in [2.75, 3.05) is 26.2 Å². The molecule has 1 aliphatic carbocycles. The zero-order valence-corrected chi connectivity index (χ0v) is 24.3. The van der Waals surface area contributed by atoms with E-state index in [2.05, 4.69) is 70.6 Å². The monoisotopic (exact) mass is 549 g/mol. The second kappa shape index (κ2) is 10.2. The fourth-order valence-corrected chi connectivity index (χ4v) is 9.84. The largest absolute Gasteiger partial charge is 0.379 e. The Morgan fingerprint density at radius 3 is 2.80 bits per heavy atom. The lowest BCUT2D eigenvalue weighted by Gasteiger charge is -2.55. The van der Waals surface area contributed by atoms with Crippen molar-refractivity contribution in [3.8, 4) is 0 Å². The first-order chi connectivity index (χ1) is 20.2. The van der Waals surface area contributed by atoms with Gasteiger partial charge in [-0.15, -0.1) is 0 Å². The predicted molar refractivity (Wildman–Crippen MR) is 167 cm³/mol. The standard InChI is InChI=1S/C36H44N4O/c41-36-18-10-4-1-2-5-11-20-39-22-17-30(35(25-39)23-26-13-7-3-6-12-21-40(26)34(35)36)29(24-36)32-33-28(16-19-37-32)27-14-8-9-15-31(27)38-33/h1,4,7-9,13-16,19,24,26,30,34,38,41H,2-3,5-6,10-12,17-18,20-23,25H2/p+1/b4-1-,13-7-/t26?,30-,34?,35-,36-/m0/s1. The topological polar surface area (TPSA) is 56.6 Å². The number of aromatic nitrogens is 2. The second-order valence-electron chi connectivity index (χ2n) is 13.7. The molecule has 3 aromatic rings. The molecule has 41 heavy (non-hydrogen) atoms. The number of fused-ring (bicyclic) bond motifs is 5. The van der Waals surface area contributed by atoms with Gasteiger partial charge in [-0.1, -0.05) is 36.4 Å². The summed E-state index contributed by atoms with van der Waals surface area (Å²) >= 11 is 0. The van der Waals surface area contributed by atoms with Gasteiger partial charge in [0.15, 0.2) is 0 Å². The van der Waals surface area contributed by atoms with Gasteiger partial charge in [-0.25, -0.2) is 0 Å². The van der Waals surface area contributed by atoms with E-state index in [1.807, 2.05) is 6.20 Å². The van der Waals surface area contributed by atoms with Crippen LogP contribution in [0, 0.1) is 11.3 Å². The second-order valence-corrected chi connectivity index (χ2v) is 13.7. The molecule has 1 aromatic carbocycles. The minimum atomic E-state index is -0.861. The third-order valence-electron chi connectivity index (χ3n) is 11.4. The highest BCUT2D eigenvalue weighted by Crippen LogP contribution is 2.57. The number of allylic oxidation sites excluding steroid dienone is 4. The molecule has 2 aromatic heterocycles. The Balaban J connectivity index is 1.35. The lowest BCUT2D eigenvalue weighted by molar-refractivity contribution is -0.940. The molecule has 0 amide bonds. The van der Waals surface area contributed by atoms with E-state index in [-0.39, 0.29) is 11.5 Å². The first-order valence-corrected chi connectivity index (χ1v) is 16.4. The molecule has 4 unspecified atom stereocenters. The number of aliphatic hydroxyl groups is 1. The summed E-state index contributed by atoms with van der Waals surface area (Å²) in [6.45, 7) is 4.60. The number of quaternary nitrogens is 1. The smallest absolute Gasteiger partial charge is 0.136 e. The van der Waals surface area contributed by atoms with Crippen molar-refractivity contribution < 1.29 is 10.0 Å². The van der Waals surface area contributed by atoms with E-state index in [0.29, 0.717) is 12.0 Å². The average molecular weight is 550 g/mol. The highest BCUT2D eigenvalue weighted by atomic mass is 16.3. The van der Waals surface area contributed by atoms with Crippen LogP contribution in [-0.4, -0.2) is 63.8 Å². The van der Waals surface area contributed by atoms with Gasteiger partial charge in [0.25, 0.3) is 0 Å². The number of pyridine rings is 1. The molecule has 2 fully saturated rings. The number of nitrogens with one attached hydrogen (secondary N) is 2. The van der Waals surface area contributed by atoms with Gasteiger partial charge >= 0.3 is 0 Å². The maximum absolute atomic E-state index is 13.1. The normalized spacial score (nSPS) is 39.0. The molecular weight excluding hydrogens is 504 g/mol. The summed E-state index contributed by atoms with van der Waals surface area (Å²) in [6, 6.07) is 11.5. The molecule has 7 atom stereocenters. The van der Waals surface area contributed by atoms with Crippen molar-refractivity contribution in [1.29, 1.82) is 0 Å². The Morgan fingerprint density at radius 1 is 0.951 bits per heavy atom. The minimum absolute atomic E-state index is 0.0411. The summed E-state index contributed by atoms with van der Waals surface area (Å²) < 4.78 is 0. The Labute approximate surface area is 244 Å². The lowest BCUT2D eigenvalue weighted by Crippen LogP contribution is -3.20. The van der Waals surface area contributed by atoms with Gasteiger partial charge in [0.2, 0.25) is 0 Å². The molecular formula is C36H45N4O+.